The number of rotatable bonds is 8. The van der Waals surface area contributed by atoms with Crippen molar-refractivity contribution in [2.24, 2.45) is 0 Å². The van der Waals surface area contributed by atoms with Crippen molar-refractivity contribution in [2.45, 2.75) is 32.7 Å². The molecule has 0 saturated carbocycles. The Labute approximate surface area is 137 Å². The number of nitrogens with one attached hydrogen (secondary N) is 1. The van der Waals surface area contributed by atoms with Crippen LogP contribution < -0.4 is 10.1 Å². The Kier molecular flexibility index (Phi) is 7.11. The average Bonchev–Trinajstić information content (AvgIpc) is 2.95. The quantitative estimate of drug-likeness (QED) is 0.730. The highest BCUT2D eigenvalue weighted by Crippen LogP contribution is 2.32. The molecular formula is C16H24Cl2N2O. The van der Waals surface area contributed by atoms with E-state index in [2.05, 4.69) is 17.1 Å². The van der Waals surface area contributed by atoms with Crippen LogP contribution in [0.2, 0.25) is 10.0 Å². The van der Waals surface area contributed by atoms with Gasteiger partial charge >= 0.3 is 0 Å². The summed E-state index contributed by atoms with van der Waals surface area (Å²) >= 11 is 12.4. The van der Waals surface area contributed by atoms with Gasteiger partial charge in [0.15, 0.2) is 0 Å². The minimum absolute atomic E-state index is 0.595. The fraction of sp³-hybridized carbons (Fsp3) is 0.625. The smallest absolute Gasteiger partial charge is 0.142 e. The molecule has 1 heterocycles. The van der Waals surface area contributed by atoms with Gasteiger partial charge in [0.2, 0.25) is 0 Å². The van der Waals surface area contributed by atoms with Crippen LogP contribution in [0.15, 0.2) is 12.1 Å². The zero-order valence-corrected chi connectivity index (χ0v) is 14.1. The summed E-state index contributed by atoms with van der Waals surface area (Å²) in [5.74, 6) is 0.767. The summed E-state index contributed by atoms with van der Waals surface area (Å²) in [7, 11) is 0. The third-order valence-corrected chi connectivity index (χ3v) is 4.18. The number of benzene rings is 1. The Hall–Kier alpha value is -0.480. The van der Waals surface area contributed by atoms with Crippen molar-refractivity contribution in [1.82, 2.24) is 10.2 Å². The lowest BCUT2D eigenvalue weighted by Crippen LogP contribution is -2.25. The van der Waals surface area contributed by atoms with Crippen molar-refractivity contribution < 1.29 is 4.74 Å². The highest BCUT2D eigenvalue weighted by atomic mass is 35.5. The molecule has 3 nitrogen and oxygen atoms in total. The normalized spacial score (nSPS) is 15.6. The maximum absolute atomic E-state index is 6.29. The number of halogens is 2. The third kappa shape index (κ3) is 5.33. The number of hydrogen-bond acceptors (Lipinski definition) is 3. The van der Waals surface area contributed by atoms with Crippen LogP contribution in [0.3, 0.4) is 0 Å². The van der Waals surface area contributed by atoms with Crippen LogP contribution in [0, 0.1) is 0 Å². The molecule has 0 bridgehead atoms. The summed E-state index contributed by atoms with van der Waals surface area (Å²) in [6, 6.07) is 3.68. The lowest BCUT2D eigenvalue weighted by molar-refractivity contribution is 0.236. The molecule has 0 atom stereocenters. The molecule has 0 aromatic heterocycles. The van der Waals surface area contributed by atoms with E-state index in [1.807, 2.05) is 6.07 Å². The molecule has 1 saturated heterocycles. The molecule has 1 aromatic rings. The predicted molar refractivity (Wildman–Crippen MR) is 89.6 cm³/mol. The Balaban J connectivity index is 1.94. The average molecular weight is 331 g/mol. The summed E-state index contributed by atoms with van der Waals surface area (Å²) in [5, 5.41) is 4.62. The topological polar surface area (TPSA) is 24.5 Å². The monoisotopic (exact) mass is 330 g/mol. The minimum atomic E-state index is 0.595. The summed E-state index contributed by atoms with van der Waals surface area (Å²) < 4.78 is 5.94. The van der Waals surface area contributed by atoms with Gasteiger partial charge in [0.1, 0.15) is 12.4 Å². The van der Waals surface area contributed by atoms with Crippen molar-refractivity contribution in [1.29, 1.82) is 0 Å². The fourth-order valence-electron chi connectivity index (χ4n) is 2.59. The van der Waals surface area contributed by atoms with Gasteiger partial charge in [-0.3, -0.25) is 4.90 Å². The largest absolute Gasteiger partial charge is 0.490 e. The lowest BCUT2D eigenvalue weighted by Gasteiger charge is -2.18. The zero-order valence-electron chi connectivity index (χ0n) is 12.6. The summed E-state index contributed by atoms with van der Waals surface area (Å²) in [6.07, 6.45) is 3.70. The van der Waals surface area contributed by atoms with E-state index in [0.29, 0.717) is 16.7 Å². The Morgan fingerprint density at radius 1 is 1.24 bits per heavy atom. The molecule has 2 rings (SSSR count). The van der Waals surface area contributed by atoms with E-state index in [0.717, 1.165) is 37.4 Å². The highest BCUT2D eigenvalue weighted by Gasteiger charge is 2.14. The molecule has 5 heteroatoms. The van der Waals surface area contributed by atoms with E-state index in [-0.39, 0.29) is 0 Å². The van der Waals surface area contributed by atoms with E-state index in [9.17, 15) is 0 Å². The first kappa shape index (κ1) is 16.9. The standard InChI is InChI=1S/C16H24Cl2N2O/c1-2-5-19-12-13-10-14(17)11-15(18)16(13)21-9-8-20-6-3-4-7-20/h10-11,19H,2-9,12H2,1H3. The van der Waals surface area contributed by atoms with Crippen LogP contribution in [0.4, 0.5) is 0 Å². The van der Waals surface area contributed by atoms with Crippen LogP contribution in [-0.2, 0) is 6.54 Å². The first-order valence-electron chi connectivity index (χ1n) is 7.74. The van der Waals surface area contributed by atoms with Gasteiger partial charge in [-0.15, -0.1) is 0 Å². The van der Waals surface area contributed by atoms with Gasteiger partial charge in [-0.1, -0.05) is 30.1 Å². The van der Waals surface area contributed by atoms with Gasteiger partial charge in [0, 0.05) is 23.7 Å². The second-order valence-electron chi connectivity index (χ2n) is 5.45. The van der Waals surface area contributed by atoms with Crippen molar-refractivity contribution in [3.63, 3.8) is 0 Å². The minimum Gasteiger partial charge on any atom is -0.490 e. The van der Waals surface area contributed by atoms with Crippen LogP contribution in [0.25, 0.3) is 0 Å². The first-order valence-corrected chi connectivity index (χ1v) is 8.50. The van der Waals surface area contributed by atoms with Gasteiger partial charge < -0.3 is 10.1 Å². The molecular weight excluding hydrogens is 307 g/mol. The molecule has 1 aliphatic heterocycles. The maximum Gasteiger partial charge on any atom is 0.142 e. The van der Waals surface area contributed by atoms with Crippen LogP contribution >= 0.6 is 23.2 Å². The third-order valence-electron chi connectivity index (χ3n) is 3.68. The van der Waals surface area contributed by atoms with Crippen LogP contribution in [0.1, 0.15) is 31.7 Å². The SMILES string of the molecule is CCCNCc1cc(Cl)cc(Cl)c1OCCN1CCCC1. The number of hydrogen-bond donors (Lipinski definition) is 1. The molecule has 0 spiro atoms. The van der Waals surface area contributed by atoms with Gasteiger partial charge in [-0.05, 0) is 51.0 Å². The number of likely N-dealkylation sites (tertiary alicyclic amines) is 1. The summed E-state index contributed by atoms with van der Waals surface area (Å²) in [6.45, 7) is 7.84. The van der Waals surface area contributed by atoms with Gasteiger partial charge in [-0.2, -0.15) is 0 Å². The van der Waals surface area contributed by atoms with E-state index in [4.69, 9.17) is 27.9 Å². The molecule has 1 N–H and O–H groups in total. The first-order chi connectivity index (χ1) is 10.2. The second kappa shape index (κ2) is 8.84. The Bertz CT molecular complexity index is 448. The molecule has 21 heavy (non-hydrogen) atoms. The van der Waals surface area contributed by atoms with Crippen molar-refractivity contribution in [2.75, 3.05) is 32.8 Å². The predicted octanol–water partition coefficient (Wildman–Crippen LogP) is 3.97. The Morgan fingerprint density at radius 2 is 2.00 bits per heavy atom. The molecule has 0 amide bonds. The van der Waals surface area contributed by atoms with E-state index < -0.39 is 0 Å². The molecule has 1 fully saturated rings. The second-order valence-corrected chi connectivity index (χ2v) is 6.29. The van der Waals surface area contributed by atoms with Gasteiger partial charge in [0.25, 0.3) is 0 Å². The summed E-state index contributed by atoms with van der Waals surface area (Å²) in [4.78, 5) is 2.43. The molecule has 0 unspecified atom stereocenters. The maximum atomic E-state index is 6.29. The van der Waals surface area contributed by atoms with Gasteiger partial charge in [-0.25, -0.2) is 0 Å². The van der Waals surface area contributed by atoms with Gasteiger partial charge in [0.05, 0.1) is 5.02 Å². The van der Waals surface area contributed by atoms with E-state index in [1.165, 1.54) is 25.9 Å². The van der Waals surface area contributed by atoms with Crippen LogP contribution in [-0.4, -0.2) is 37.7 Å². The molecule has 0 aliphatic carbocycles. The Morgan fingerprint density at radius 3 is 2.71 bits per heavy atom. The van der Waals surface area contributed by atoms with Crippen molar-refractivity contribution in [3.05, 3.63) is 27.7 Å². The van der Waals surface area contributed by atoms with Crippen LogP contribution in [0.5, 0.6) is 5.75 Å². The zero-order chi connectivity index (χ0) is 15.1. The number of ether oxygens (including phenoxy) is 1. The lowest BCUT2D eigenvalue weighted by atomic mass is 10.2. The molecule has 1 aliphatic rings. The van der Waals surface area contributed by atoms with Crippen molar-refractivity contribution >= 4 is 23.2 Å². The van der Waals surface area contributed by atoms with Crippen molar-refractivity contribution in [3.8, 4) is 5.75 Å². The van der Waals surface area contributed by atoms with E-state index >= 15 is 0 Å². The number of nitrogens with zero attached hydrogens (tertiary/aromatic N) is 1. The highest BCUT2D eigenvalue weighted by molar-refractivity contribution is 6.35. The molecule has 0 radical (unpaired) electrons. The molecule has 1 aromatic carbocycles. The summed E-state index contributed by atoms with van der Waals surface area (Å²) in [5.41, 5.74) is 1.03. The van der Waals surface area contributed by atoms with E-state index in [1.54, 1.807) is 6.07 Å². The fourth-order valence-corrected chi connectivity index (χ4v) is 3.18. The molecule has 118 valence electrons.